The highest BCUT2D eigenvalue weighted by atomic mass is 32.2. The van der Waals surface area contributed by atoms with E-state index in [0.717, 1.165) is 17.1 Å². The molecule has 1 unspecified atom stereocenters. The molecule has 1 aromatic rings. The molecule has 0 bridgehead atoms. The topological polar surface area (TPSA) is 50.2 Å². The van der Waals surface area contributed by atoms with Crippen LogP contribution >= 0.6 is 11.8 Å². The number of carbonyl (C=O) groups is 1. The number of carboxylic acid groups (broad SMARTS) is 1. The second-order valence-corrected chi connectivity index (χ2v) is 4.84. The van der Waals surface area contributed by atoms with E-state index in [9.17, 15) is 4.79 Å². The van der Waals surface area contributed by atoms with Gasteiger partial charge >= 0.3 is 5.97 Å². The maximum atomic E-state index is 10.7. The van der Waals surface area contributed by atoms with E-state index in [1.807, 2.05) is 31.1 Å². The van der Waals surface area contributed by atoms with Crippen molar-refractivity contribution in [2.24, 2.45) is 0 Å². The molecule has 4 heteroatoms. The van der Waals surface area contributed by atoms with Crippen LogP contribution in [0.15, 0.2) is 12.4 Å². The molecule has 0 fully saturated rings. The normalized spacial score (nSPS) is 16.1. The fourth-order valence-corrected chi connectivity index (χ4v) is 3.04. The van der Waals surface area contributed by atoms with E-state index in [-0.39, 0.29) is 12.3 Å². The van der Waals surface area contributed by atoms with Crippen LogP contribution in [0.25, 0.3) is 0 Å². The molecule has 0 saturated carbocycles. The third-order valence-electron chi connectivity index (χ3n) is 2.70. The Balaban J connectivity index is 2.28. The molecule has 0 spiro atoms. The monoisotopic (exact) mass is 223 g/mol. The van der Waals surface area contributed by atoms with Crippen molar-refractivity contribution in [1.29, 1.82) is 0 Å². The summed E-state index contributed by atoms with van der Waals surface area (Å²) in [6.45, 7) is 1.95. The van der Waals surface area contributed by atoms with Crippen molar-refractivity contribution < 1.29 is 9.90 Å². The first-order chi connectivity index (χ1) is 7.18. The highest BCUT2D eigenvalue weighted by Gasteiger charge is 2.20. The fourth-order valence-electron chi connectivity index (χ4n) is 1.91. The number of aromatic nitrogens is 1. The van der Waals surface area contributed by atoms with Crippen molar-refractivity contribution in [2.75, 3.05) is 0 Å². The van der Waals surface area contributed by atoms with Crippen LogP contribution in [0.5, 0.6) is 0 Å². The Bertz CT molecular complexity index is 392. The van der Waals surface area contributed by atoms with Gasteiger partial charge in [0.25, 0.3) is 0 Å². The SMILES string of the molecule is CC(CC(=O)O)c1cncc2c1CSC2. The molecule has 0 saturated heterocycles. The van der Waals surface area contributed by atoms with E-state index in [4.69, 9.17) is 5.11 Å². The van der Waals surface area contributed by atoms with Crippen LogP contribution in [0, 0.1) is 0 Å². The predicted molar refractivity (Wildman–Crippen MR) is 59.9 cm³/mol. The first-order valence-corrected chi connectivity index (χ1v) is 6.09. The van der Waals surface area contributed by atoms with E-state index in [1.54, 1.807) is 0 Å². The number of thioether (sulfide) groups is 1. The number of hydrogen-bond donors (Lipinski definition) is 1. The Morgan fingerprint density at radius 1 is 1.60 bits per heavy atom. The van der Waals surface area contributed by atoms with Gasteiger partial charge in [-0.05, 0) is 22.6 Å². The maximum Gasteiger partial charge on any atom is 0.303 e. The molecule has 1 atom stereocenters. The summed E-state index contributed by atoms with van der Waals surface area (Å²) in [7, 11) is 0. The van der Waals surface area contributed by atoms with Crippen molar-refractivity contribution in [2.45, 2.75) is 30.8 Å². The molecule has 0 aliphatic carbocycles. The average Bonchev–Trinajstić information content (AvgIpc) is 2.63. The molecule has 2 heterocycles. The lowest BCUT2D eigenvalue weighted by Crippen LogP contribution is -2.06. The minimum atomic E-state index is -0.745. The van der Waals surface area contributed by atoms with E-state index in [0.29, 0.717) is 0 Å². The molecular formula is C11H13NO2S. The van der Waals surface area contributed by atoms with Crippen molar-refractivity contribution >= 4 is 17.7 Å². The Hall–Kier alpha value is -1.03. The van der Waals surface area contributed by atoms with Crippen molar-refractivity contribution in [3.05, 3.63) is 29.1 Å². The molecule has 1 aliphatic heterocycles. The van der Waals surface area contributed by atoms with E-state index in [2.05, 4.69) is 4.98 Å². The van der Waals surface area contributed by atoms with Gasteiger partial charge in [0.15, 0.2) is 0 Å². The van der Waals surface area contributed by atoms with E-state index < -0.39 is 5.97 Å². The van der Waals surface area contributed by atoms with Crippen molar-refractivity contribution in [3.63, 3.8) is 0 Å². The number of carboxylic acids is 1. The maximum absolute atomic E-state index is 10.7. The summed E-state index contributed by atoms with van der Waals surface area (Å²) in [5.41, 5.74) is 3.69. The van der Waals surface area contributed by atoms with Crippen LogP contribution in [0.2, 0.25) is 0 Å². The summed E-state index contributed by atoms with van der Waals surface area (Å²) in [6.07, 6.45) is 3.90. The van der Waals surface area contributed by atoms with Crippen LogP contribution in [-0.2, 0) is 16.3 Å². The smallest absolute Gasteiger partial charge is 0.303 e. The quantitative estimate of drug-likeness (QED) is 0.855. The van der Waals surface area contributed by atoms with Crippen LogP contribution < -0.4 is 0 Å². The van der Waals surface area contributed by atoms with Crippen molar-refractivity contribution in [3.8, 4) is 0 Å². The Labute approximate surface area is 92.9 Å². The summed E-state index contributed by atoms with van der Waals surface area (Å²) in [5, 5.41) is 8.77. The zero-order valence-electron chi connectivity index (χ0n) is 8.56. The number of fused-ring (bicyclic) bond motifs is 1. The molecule has 3 nitrogen and oxygen atoms in total. The van der Waals surface area contributed by atoms with Gasteiger partial charge < -0.3 is 5.11 Å². The van der Waals surface area contributed by atoms with Crippen molar-refractivity contribution in [1.82, 2.24) is 4.98 Å². The zero-order valence-corrected chi connectivity index (χ0v) is 9.38. The third kappa shape index (κ3) is 2.15. The first kappa shape index (κ1) is 10.5. The van der Waals surface area contributed by atoms with E-state index >= 15 is 0 Å². The highest BCUT2D eigenvalue weighted by molar-refractivity contribution is 7.98. The number of nitrogens with zero attached hydrogens (tertiary/aromatic N) is 1. The molecule has 0 amide bonds. The van der Waals surface area contributed by atoms with Gasteiger partial charge in [-0.3, -0.25) is 9.78 Å². The zero-order chi connectivity index (χ0) is 10.8. The van der Waals surface area contributed by atoms with Crippen LogP contribution in [0.1, 0.15) is 36.0 Å². The number of aliphatic carboxylic acids is 1. The first-order valence-electron chi connectivity index (χ1n) is 4.93. The van der Waals surface area contributed by atoms with Gasteiger partial charge in [-0.15, -0.1) is 0 Å². The summed E-state index contributed by atoms with van der Waals surface area (Å²) in [4.78, 5) is 14.8. The molecule has 1 aliphatic rings. The van der Waals surface area contributed by atoms with Gasteiger partial charge in [0, 0.05) is 23.9 Å². The minimum absolute atomic E-state index is 0.0589. The molecule has 15 heavy (non-hydrogen) atoms. The molecule has 0 aromatic carbocycles. The number of rotatable bonds is 3. The predicted octanol–water partition coefficient (Wildman–Crippen LogP) is 2.41. The minimum Gasteiger partial charge on any atom is -0.481 e. The second kappa shape index (κ2) is 4.23. The van der Waals surface area contributed by atoms with Gasteiger partial charge in [0.2, 0.25) is 0 Å². The van der Waals surface area contributed by atoms with Gasteiger partial charge in [0.05, 0.1) is 6.42 Å². The number of hydrogen-bond acceptors (Lipinski definition) is 3. The standard InChI is InChI=1S/C11H13NO2S/c1-7(2-11(13)14)9-4-12-3-8-5-15-6-10(8)9/h3-4,7H,2,5-6H2,1H3,(H,13,14). The van der Waals surface area contributed by atoms with Crippen LogP contribution in [-0.4, -0.2) is 16.1 Å². The number of pyridine rings is 1. The summed E-state index contributed by atoms with van der Waals surface area (Å²) in [6, 6.07) is 0. The highest BCUT2D eigenvalue weighted by Crippen LogP contribution is 2.35. The Morgan fingerprint density at radius 3 is 3.13 bits per heavy atom. The fraction of sp³-hybridized carbons (Fsp3) is 0.455. The van der Waals surface area contributed by atoms with Gasteiger partial charge in [-0.2, -0.15) is 11.8 Å². The Morgan fingerprint density at radius 2 is 2.40 bits per heavy atom. The second-order valence-electron chi connectivity index (χ2n) is 3.86. The lowest BCUT2D eigenvalue weighted by atomic mass is 9.94. The summed E-state index contributed by atoms with van der Waals surface area (Å²) < 4.78 is 0. The molecule has 2 rings (SSSR count). The molecule has 0 radical (unpaired) electrons. The molecule has 80 valence electrons. The molecule has 1 aromatic heterocycles. The summed E-state index contributed by atoms with van der Waals surface area (Å²) in [5.74, 6) is 1.32. The Kier molecular flexibility index (Phi) is 2.95. The van der Waals surface area contributed by atoms with Crippen LogP contribution in [0.4, 0.5) is 0 Å². The molecule has 1 N–H and O–H groups in total. The summed E-state index contributed by atoms with van der Waals surface area (Å²) >= 11 is 1.87. The lowest BCUT2D eigenvalue weighted by molar-refractivity contribution is -0.137. The van der Waals surface area contributed by atoms with Crippen LogP contribution in [0.3, 0.4) is 0 Å². The molecular weight excluding hydrogens is 210 g/mol. The van der Waals surface area contributed by atoms with Gasteiger partial charge in [-0.1, -0.05) is 6.92 Å². The van der Waals surface area contributed by atoms with Gasteiger partial charge in [0.1, 0.15) is 0 Å². The van der Waals surface area contributed by atoms with E-state index in [1.165, 1.54) is 11.1 Å². The average molecular weight is 223 g/mol. The lowest BCUT2D eigenvalue weighted by Gasteiger charge is -2.12. The largest absolute Gasteiger partial charge is 0.481 e. The third-order valence-corrected chi connectivity index (χ3v) is 3.70. The van der Waals surface area contributed by atoms with Gasteiger partial charge in [-0.25, -0.2) is 0 Å².